The first kappa shape index (κ1) is 10.6. The van der Waals surface area contributed by atoms with Crippen molar-refractivity contribution >= 4 is 0 Å². The fraction of sp³-hybridized carbons (Fsp3) is 0.667. The molecule has 15 heavy (non-hydrogen) atoms. The fourth-order valence-electron chi connectivity index (χ4n) is 2.31. The van der Waals surface area contributed by atoms with Crippen molar-refractivity contribution in [1.29, 1.82) is 0 Å². The Labute approximate surface area is 91.3 Å². The van der Waals surface area contributed by atoms with Crippen molar-refractivity contribution in [3.8, 4) is 0 Å². The summed E-state index contributed by atoms with van der Waals surface area (Å²) < 4.78 is 0. The van der Waals surface area contributed by atoms with E-state index in [-0.39, 0.29) is 0 Å². The molecule has 0 saturated carbocycles. The van der Waals surface area contributed by atoms with Crippen molar-refractivity contribution in [3.63, 3.8) is 0 Å². The minimum Gasteiger partial charge on any atom is -0.314 e. The third kappa shape index (κ3) is 2.34. The lowest BCUT2D eigenvalue weighted by Gasteiger charge is -2.13. The van der Waals surface area contributed by atoms with Crippen LogP contribution in [0.1, 0.15) is 37.2 Å². The largest absolute Gasteiger partial charge is 0.314 e. The summed E-state index contributed by atoms with van der Waals surface area (Å²) in [4.78, 5) is 8.76. The van der Waals surface area contributed by atoms with Crippen molar-refractivity contribution in [2.45, 2.75) is 45.6 Å². The van der Waals surface area contributed by atoms with Crippen LogP contribution in [0.4, 0.5) is 0 Å². The van der Waals surface area contributed by atoms with Gasteiger partial charge in [-0.05, 0) is 38.3 Å². The van der Waals surface area contributed by atoms with Gasteiger partial charge in [-0.2, -0.15) is 0 Å². The zero-order valence-corrected chi connectivity index (χ0v) is 9.58. The van der Waals surface area contributed by atoms with Gasteiger partial charge >= 0.3 is 0 Å². The molecule has 1 unspecified atom stereocenters. The Hall–Kier alpha value is -0.960. The average Bonchev–Trinajstić information content (AvgIpc) is 2.67. The topological polar surface area (TPSA) is 37.8 Å². The molecule has 0 amide bonds. The number of aryl methyl sites for hydroxylation is 1. The second-order valence-electron chi connectivity index (χ2n) is 4.26. The summed E-state index contributed by atoms with van der Waals surface area (Å²) in [5.74, 6) is 0. The second-order valence-corrected chi connectivity index (χ2v) is 4.26. The first-order valence-corrected chi connectivity index (χ1v) is 5.86. The molecule has 0 aromatic carbocycles. The van der Waals surface area contributed by atoms with E-state index in [1.54, 1.807) is 6.33 Å². The van der Waals surface area contributed by atoms with Gasteiger partial charge in [0.25, 0.3) is 0 Å². The molecule has 0 aliphatic heterocycles. The molecular formula is C12H19N3. The molecule has 82 valence electrons. The standard InChI is InChI=1S/C12H19N3/c1-3-13-9(2)7-12-10-5-4-6-11(10)14-8-15-12/h8-9,13H,3-7H2,1-2H3. The molecule has 3 heteroatoms. The van der Waals surface area contributed by atoms with Crippen LogP contribution in [0.3, 0.4) is 0 Å². The van der Waals surface area contributed by atoms with E-state index in [4.69, 9.17) is 0 Å². The van der Waals surface area contributed by atoms with Crippen LogP contribution in [-0.2, 0) is 19.3 Å². The minimum atomic E-state index is 0.509. The molecule has 1 heterocycles. The predicted octanol–water partition coefficient (Wildman–Crippen LogP) is 1.51. The quantitative estimate of drug-likeness (QED) is 0.809. The first-order valence-electron chi connectivity index (χ1n) is 5.86. The van der Waals surface area contributed by atoms with Crippen LogP contribution in [0, 0.1) is 0 Å². The van der Waals surface area contributed by atoms with E-state index in [0.717, 1.165) is 19.4 Å². The molecule has 1 aliphatic carbocycles. The minimum absolute atomic E-state index is 0.509. The van der Waals surface area contributed by atoms with Crippen molar-refractivity contribution in [2.75, 3.05) is 6.54 Å². The molecule has 2 rings (SSSR count). The Bertz CT molecular complexity index is 336. The lowest BCUT2D eigenvalue weighted by Crippen LogP contribution is -2.28. The highest BCUT2D eigenvalue weighted by Crippen LogP contribution is 2.22. The Balaban J connectivity index is 2.11. The fourth-order valence-corrected chi connectivity index (χ4v) is 2.31. The molecule has 0 saturated heterocycles. The summed E-state index contributed by atoms with van der Waals surface area (Å²) in [6.45, 7) is 5.38. The van der Waals surface area contributed by atoms with Crippen molar-refractivity contribution in [3.05, 3.63) is 23.3 Å². The zero-order valence-electron chi connectivity index (χ0n) is 9.58. The summed E-state index contributed by atoms with van der Waals surface area (Å²) in [5.41, 5.74) is 3.96. The monoisotopic (exact) mass is 205 g/mol. The highest BCUT2D eigenvalue weighted by Gasteiger charge is 2.17. The van der Waals surface area contributed by atoms with Gasteiger partial charge in [0.15, 0.2) is 0 Å². The Morgan fingerprint density at radius 1 is 1.40 bits per heavy atom. The van der Waals surface area contributed by atoms with Crippen LogP contribution >= 0.6 is 0 Å². The van der Waals surface area contributed by atoms with E-state index in [1.165, 1.54) is 29.8 Å². The van der Waals surface area contributed by atoms with Gasteiger partial charge in [0.05, 0.1) is 0 Å². The molecule has 0 radical (unpaired) electrons. The van der Waals surface area contributed by atoms with Gasteiger partial charge in [-0.25, -0.2) is 9.97 Å². The van der Waals surface area contributed by atoms with Crippen LogP contribution in [0.5, 0.6) is 0 Å². The molecule has 0 fully saturated rings. The Morgan fingerprint density at radius 3 is 3.07 bits per heavy atom. The maximum Gasteiger partial charge on any atom is 0.115 e. The van der Waals surface area contributed by atoms with Crippen molar-refractivity contribution in [2.24, 2.45) is 0 Å². The summed E-state index contributed by atoms with van der Waals surface area (Å²) in [7, 11) is 0. The predicted molar refractivity (Wildman–Crippen MR) is 60.9 cm³/mol. The molecule has 1 N–H and O–H groups in total. The van der Waals surface area contributed by atoms with E-state index >= 15 is 0 Å². The van der Waals surface area contributed by atoms with Crippen molar-refractivity contribution in [1.82, 2.24) is 15.3 Å². The summed E-state index contributed by atoms with van der Waals surface area (Å²) in [6, 6.07) is 0.509. The van der Waals surface area contributed by atoms with Gasteiger partial charge in [0, 0.05) is 23.9 Å². The lowest BCUT2D eigenvalue weighted by atomic mass is 10.1. The van der Waals surface area contributed by atoms with Gasteiger partial charge in [-0.3, -0.25) is 0 Å². The number of hydrogen-bond donors (Lipinski definition) is 1. The molecule has 1 aromatic heterocycles. The zero-order chi connectivity index (χ0) is 10.7. The van der Waals surface area contributed by atoms with E-state index in [1.807, 2.05) is 0 Å². The highest BCUT2D eigenvalue weighted by atomic mass is 14.9. The summed E-state index contributed by atoms with van der Waals surface area (Å²) in [6.07, 6.45) is 6.30. The third-order valence-corrected chi connectivity index (χ3v) is 3.02. The number of hydrogen-bond acceptors (Lipinski definition) is 3. The number of rotatable bonds is 4. The van der Waals surface area contributed by atoms with Crippen LogP contribution in [0.15, 0.2) is 6.33 Å². The van der Waals surface area contributed by atoms with Gasteiger partial charge < -0.3 is 5.32 Å². The van der Waals surface area contributed by atoms with Crippen LogP contribution in [0.2, 0.25) is 0 Å². The second kappa shape index (κ2) is 4.71. The van der Waals surface area contributed by atoms with Crippen LogP contribution < -0.4 is 5.32 Å². The number of likely N-dealkylation sites (N-methyl/N-ethyl adjacent to an activating group) is 1. The number of aromatic nitrogens is 2. The maximum absolute atomic E-state index is 4.42. The van der Waals surface area contributed by atoms with Crippen molar-refractivity contribution < 1.29 is 0 Å². The molecule has 1 aromatic rings. The number of nitrogens with one attached hydrogen (secondary N) is 1. The average molecular weight is 205 g/mol. The van der Waals surface area contributed by atoms with E-state index < -0.39 is 0 Å². The molecule has 1 aliphatic rings. The van der Waals surface area contributed by atoms with E-state index in [2.05, 4.69) is 29.1 Å². The Morgan fingerprint density at radius 2 is 2.27 bits per heavy atom. The SMILES string of the molecule is CCNC(C)Cc1ncnc2c1CCC2. The Kier molecular flexibility index (Phi) is 3.31. The van der Waals surface area contributed by atoms with Gasteiger partial charge in [-0.1, -0.05) is 6.92 Å². The van der Waals surface area contributed by atoms with Crippen LogP contribution in [-0.4, -0.2) is 22.6 Å². The van der Waals surface area contributed by atoms with E-state index in [9.17, 15) is 0 Å². The molecular weight excluding hydrogens is 186 g/mol. The third-order valence-electron chi connectivity index (χ3n) is 3.02. The number of fused-ring (bicyclic) bond motifs is 1. The molecule has 3 nitrogen and oxygen atoms in total. The van der Waals surface area contributed by atoms with Gasteiger partial charge in [-0.15, -0.1) is 0 Å². The summed E-state index contributed by atoms with van der Waals surface area (Å²) in [5, 5.41) is 3.42. The smallest absolute Gasteiger partial charge is 0.115 e. The maximum atomic E-state index is 4.42. The highest BCUT2D eigenvalue weighted by molar-refractivity contribution is 5.29. The van der Waals surface area contributed by atoms with E-state index in [0.29, 0.717) is 6.04 Å². The first-order chi connectivity index (χ1) is 7.31. The van der Waals surface area contributed by atoms with Gasteiger partial charge in [0.1, 0.15) is 6.33 Å². The molecule has 0 bridgehead atoms. The molecule has 1 atom stereocenters. The normalized spacial score (nSPS) is 16.4. The molecule has 0 spiro atoms. The lowest BCUT2D eigenvalue weighted by molar-refractivity contribution is 0.556. The van der Waals surface area contributed by atoms with Crippen LogP contribution in [0.25, 0.3) is 0 Å². The van der Waals surface area contributed by atoms with Gasteiger partial charge in [0.2, 0.25) is 0 Å². The number of nitrogens with zero attached hydrogens (tertiary/aromatic N) is 2. The summed E-state index contributed by atoms with van der Waals surface area (Å²) >= 11 is 0.